The molecule has 0 saturated carbocycles. The van der Waals surface area contributed by atoms with Crippen molar-refractivity contribution in [2.24, 2.45) is 17.2 Å². The number of benzene rings is 6. The van der Waals surface area contributed by atoms with Crippen molar-refractivity contribution in [1.29, 1.82) is 0 Å². The van der Waals surface area contributed by atoms with Gasteiger partial charge >= 0.3 is 0 Å². The van der Waals surface area contributed by atoms with Gasteiger partial charge in [-0.25, -0.2) is 0 Å². The van der Waals surface area contributed by atoms with Crippen molar-refractivity contribution in [3.8, 4) is 34.5 Å². The highest BCUT2D eigenvalue weighted by Crippen LogP contribution is 2.46. The minimum atomic E-state index is -0.320. The molecule has 3 amide bonds. The van der Waals surface area contributed by atoms with Crippen LogP contribution >= 0.6 is 0 Å². The fourth-order valence-electron chi connectivity index (χ4n) is 12.7. The molecular weight excluding hydrogens is 1240 g/mol. The molecule has 540 valence electrons. The van der Waals surface area contributed by atoms with Crippen LogP contribution in [0.4, 0.5) is 0 Å². The highest BCUT2D eigenvalue weighted by Gasteiger charge is 2.32. The number of nitrogens with two attached hydrogens (primary N) is 3. The first-order valence-corrected chi connectivity index (χ1v) is 35.8. The van der Waals surface area contributed by atoms with Gasteiger partial charge in [0.2, 0.25) is 17.7 Å². The molecule has 0 unspecified atom stereocenters. The van der Waals surface area contributed by atoms with Crippen molar-refractivity contribution in [3.63, 3.8) is 0 Å². The summed E-state index contributed by atoms with van der Waals surface area (Å²) in [6.45, 7) is 48.1. The third-order valence-corrected chi connectivity index (χ3v) is 18.2. The summed E-state index contributed by atoms with van der Waals surface area (Å²) in [4.78, 5) is 37.6. The van der Waals surface area contributed by atoms with Gasteiger partial charge in [-0.05, 0) is 133 Å². The van der Waals surface area contributed by atoms with Crippen molar-refractivity contribution in [3.05, 3.63) is 173 Å². The number of carbonyl (C=O) groups is 3. The second-order valence-electron chi connectivity index (χ2n) is 33.2. The molecule has 0 atom stereocenters. The third kappa shape index (κ3) is 21.5. The quantitative estimate of drug-likeness (QED) is 0.0370. The summed E-state index contributed by atoms with van der Waals surface area (Å²) >= 11 is 0. The minimum absolute atomic E-state index is 0.145. The van der Waals surface area contributed by atoms with Crippen LogP contribution < -0.4 is 61.6 Å². The molecule has 0 aliphatic heterocycles. The lowest BCUT2D eigenvalue weighted by molar-refractivity contribution is -0.119. The zero-order chi connectivity index (χ0) is 73.2. The van der Waals surface area contributed by atoms with E-state index < -0.39 is 0 Å². The molecule has 1 aliphatic carbocycles. The number of carbonyl (C=O) groups excluding carboxylic acids is 3. The molecule has 0 aromatic heterocycles. The molecule has 15 heteroatoms. The maximum absolute atomic E-state index is 12.5. The van der Waals surface area contributed by atoms with E-state index in [4.69, 9.17) is 45.6 Å². The Kier molecular flexibility index (Phi) is 26.1. The van der Waals surface area contributed by atoms with Crippen LogP contribution in [0.2, 0.25) is 0 Å². The summed E-state index contributed by atoms with van der Waals surface area (Å²) in [5, 5.41) is 8.97. The monoisotopic (exact) mass is 1360 g/mol. The van der Waals surface area contributed by atoms with Crippen LogP contribution in [0.25, 0.3) is 0 Å². The fourth-order valence-corrected chi connectivity index (χ4v) is 12.7. The van der Waals surface area contributed by atoms with Crippen LogP contribution in [0.5, 0.6) is 34.5 Å². The van der Waals surface area contributed by atoms with E-state index in [1.54, 1.807) is 0 Å². The number of hydrogen-bond acceptors (Lipinski definition) is 12. The summed E-state index contributed by atoms with van der Waals surface area (Å²) in [6, 6.07) is 27.5. The molecule has 0 fully saturated rings. The van der Waals surface area contributed by atoms with Crippen LogP contribution in [-0.2, 0) is 85.4 Å². The molecule has 1 aliphatic rings. The van der Waals surface area contributed by atoms with Crippen molar-refractivity contribution in [1.82, 2.24) is 16.0 Å². The van der Waals surface area contributed by atoms with Gasteiger partial charge in [-0.3, -0.25) is 14.4 Å². The van der Waals surface area contributed by atoms with Crippen molar-refractivity contribution in [2.75, 3.05) is 78.9 Å². The van der Waals surface area contributed by atoms with Gasteiger partial charge < -0.3 is 61.6 Å². The molecular formula is C84H120N6O9. The number of nitrogens with one attached hydrogen (secondary N) is 3. The maximum atomic E-state index is 12.5. The average molecular weight is 1360 g/mol. The molecule has 7 rings (SSSR count). The Morgan fingerprint density at radius 3 is 0.515 bits per heavy atom. The van der Waals surface area contributed by atoms with E-state index in [-0.39, 0.29) is 109 Å². The largest absolute Gasteiger partial charge is 0.492 e. The van der Waals surface area contributed by atoms with Crippen LogP contribution in [-0.4, -0.2) is 96.6 Å². The maximum Gasteiger partial charge on any atom is 0.216 e. The van der Waals surface area contributed by atoms with Gasteiger partial charge in [0.25, 0.3) is 0 Å². The highest BCUT2D eigenvalue weighted by molar-refractivity contribution is 5.73. The van der Waals surface area contributed by atoms with Gasteiger partial charge in [-0.2, -0.15) is 0 Å². The summed E-state index contributed by atoms with van der Waals surface area (Å²) in [5.41, 5.74) is 35.7. The van der Waals surface area contributed by atoms with Crippen LogP contribution in [0.3, 0.4) is 0 Å². The molecule has 6 aromatic carbocycles. The molecule has 0 spiro atoms. The fraction of sp³-hybridized carbons (Fsp3) is 0.536. The van der Waals surface area contributed by atoms with E-state index in [1.807, 2.05) is 0 Å². The molecule has 15 nitrogen and oxygen atoms in total. The summed E-state index contributed by atoms with van der Waals surface area (Å²) in [7, 11) is 0. The average Bonchev–Trinajstić information content (AvgIpc) is 0.772. The number of ether oxygens (including phenoxy) is 6. The second-order valence-corrected chi connectivity index (χ2v) is 33.2. The zero-order valence-corrected chi connectivity index (χ0v) is 64.1. The van der Waals surface area contributed by atoms with Crippen LogP contribution in [0.15, 0.2) is 72.8 Å². The predicted octanol–water partition coefficient (Wildman–Crippen LogP) is 13.9. The lowest BCUT2D eigenvalue weighted by Gasteiger charge is -2.29. The number of hydrogen-bond donors (Lipinski definition) is 6. The Bertz CT molecular complexity index is 3290. The smallest absolute Gasteiger partial charge is 0.216 e. The predicted molar refractivity (Wildman–Crippen MR) is 404 cm³/mol. The van der Waals surface area contributed by atoms with Crippen molar-refractivity contribution in [2.45, 2.75) is 216 Å². The van der Waals surface area contributed by atoms with E-state index in [0.29, 0.717) is 75.4 Å². The molecule has 0 radical (unpaired) electrons. The van der Waals surface area contributed by atoms with Gasteiger partial charge in [-0.15, -0.1) is 0 Å². The van der Waals surface area contributed by atoms with Crippen molar-refractivity contribution < 1.29 is 42.8 Å². The Morgan fingerprint density at radius 2 is 0.404 bits per heavy atom. The number of rotatable bonds is 21. The number of fused-ring (bicyclic) bond motifs is 12. The molecule has 12 bridgehead atoms. The molecule has 99 heavy (non-hydrogen) atoms. The van der Waals surface area contributed by atoms with E-state index in [0.717, 1.165) is 117 Å². The topological polar surface area (TPSA) is 221 Å². The van der Waals surface area contributed by atoms with Gasteiger partial charge in [-0.1, -0.05) is 197 Å². The zero-order valence-electron chi connectivity index (χ0n) is 64.1. The third-order valence-electron chi connectivity index (χ3n) is 18.2. The van der Waals surface area contributed by atoms with Crippen LogP contribution in [0, 0.1) is 0 Å². The Morgan fingerprint density at radius 1 is 0.273 bits per heavy atom. The highest BCUT2D eigenvalue weighted by atomic mass is 16.5. The van der Waals surface area contributed by atoms with Crippen LogP contribution in [0.1, 0.15) is 246 Å². The Labute approximate surface area is 593 Å². The van der Waals surface area contributed by atoms with E-state index in [9.17, 15) is 14.4 Å². The Balaban J connectivity index is 1.75. The summed E-state index contributed by atoms with van der Waals surface area (Å²) < 4.78 is 42.7. The van der Waals surface area contributed by atoms with E-state index in [2.05, 4.69) is 213 Å². The van der Waals surface area contributed by atoms with Crippen molar-refractivity contribution >= 4 is 17.7 Å². The number of amides is 3. The lowest BCUT2D eigenvalue weighted by atomic mass is 9.79. The molecule has 0 saturated heterocycles. The summed E-state index contributed by atoms with van der Waals surface area (Å²) in [6.07, 6.45) is 2.47. The van der Waals surface area contributed by atoms with Gasteiger partial charge in [0.15, 0.2) is 0 Å². The molecule has 6 aromatic rings. The first-order valence-electron chi connectivity index (χ1n) is 35.8. The standard InChI is InChI=1S/C84H120N6O9/c1-52(91)88-25-31-97-76-61-34-55-40-67(79(4,5)6)42-57(73(55)94-28-22-85)36-63-48-71(83(16,17)18)50-65(77(63)98-32-26-89-53(2)92)38-59-44-69(81(10,11)12)45-60(75(59)96-30-24-87)39-66-51-72(84(19,20)21)49-64(78(66)99-33-27-90-54(3)93)37-58-43-68(80(7,8)9)41-56(74(58)95-29-23-86)35-62(76)47-70(46-61)82(13,14)15/h40-51H,22-39,85-87H2,1-21H3,(H,88,91)(H,89,92)(H,90,93). The minimum Gasteiger partial charge on any atom is -0.492 e. The van der Waals surface area contributed by atoms with Gasteiger partial charge in [0.1, 0.15) is 74.1 Å². The molecule has 9 N–H and O–H groups in total. The van der Waals surface area contributed by atoms with Gasteiger partial charge in [0.05, 0.1) is 19.6 Å². The molecule has 0 heterocycles. The van der Waals surface area contributed by atoms with E-state index in [1.165, 1.54) is 20.8 Å². The first-order chi connectivity index (χ1) is 46.2. The second kappa shape index (κ2) is 32.8. The Hall–Kier alpha value is -7.59. The normalized spacial score (nSPS) is 13.2. The lowest BCUT2D eigenvalue weighted by Crippen LogP contribution is -2.26. The SMILES string of the molecule is CC(=O)NCCOc1c2cc(C(C)(C)C)cc1Cc1cc(C(C)(C)C)cc(c1OCCN)Cc1cc(C(C)(C)C)cc(c1OCCNC(C)=O)Cc1cc(C(C)(C)C)cc(c1OCCN)Cc1cc(C(C)(C)C)cc(c1OCCNC(C)=O)Cc1cc(C(C)(C)C)cc(c1OCCN)C2. The van der Waals surface area contributed by atoms with Gasteiger partial charge in [0, 0.05) is 78.9 Å². The van der Waals surface area contributed by atoms with E-state index >= 15 is 0 Å². The first kappa shape index (κ1) is 78.7. The summed E-state index contributed by atoms with van der Waals surface area (Å²) in [5.74, 6) is 3.91.